The fourth-order valence-corrected chi connectivity index (χ4v) is 4.61. The summed E-state index contributed by atoms with van der Waals surface area (Å²) in [5.41, 5.74) is -2.70. The molecule has 18 heteroatoms. The maximum absolute atomic E-state index is 13.8. The summed E-state index contributed by atoms with van der Waals surface area (Å²) < 4.78 is 80.8. The van der Waals surface area contributed by atoms with Gasteiger partial charge in [0.1, 0.15) is 11.3 Å². The monoisotopic (exact) mass is 686 g/mol. The van der Waals surface area contributed by atoms with Crippen LogP contribution in [-0.2, 0) is 17.5 Å². The third-order valence-corrected chi connectivity index (χ3v) is 6.43. The largest absolute Gasteiger partial charge is 0.490 e. The van der Waals surface area contributed by atoms with Crippen molar-refractivity contribution < 1.29 is 45.8 Å². The van der Waals surface area contributed by atoms with Crippen LogP contribution in [-0.4, -0.2) is 68.0 Å². The molecule has 0 atom stereocenters. The molecule has 47 heavy (non-hydrogen) atoms. The number of aromatic nitrogens is 4. The zero-order chi connectivity index (χ0) is 35.5. The summed E-state index contributed by atoms with van der Waals surface area (Å²) in [6.45, 7) is 3.68. The molecule has 0 saturated heterocycles. The van der Waals surface area contributed by atoms with E-state index in [2.05, 4.69) is 10.1 Å². The van der Waals surface area contributed by atoms with Crippen LogP contribution in [0, 0.1) is 16.7 Å². The number of carbonyl (C=O) groups excluding carboxylic acids is 1. The summed E-state index contributed by atoms with van der Waals surface area (Å²) in [6.07, 6.45) is -7.52. The molecule has 0 aliphatic rings. The number of carbonyl (C=O) groups is 2. The van der Waals surface area contributed by atoms with Gasteiger partial charge in [0.2, 0.25) is 5.75 Å². The van der Waals surface area contributed by atoms with E-state index in [-0.39, 0.29) is 40.1 Å². The van der Waals surface area contributed by atoms with Gasteiger partial charge in [-0.3, -0.25) is 9.59 Å². The minimum Gasteiger partial charge on any atom is -0.475 e. The van der Waals surface area contributed by atoms with Crippen LogP contribution in [0.3, 0.4) is 0 Å². The number of fused-ring (bicyclic) bond motifs is 1. The van der Waals surface area contributed by atoms with Gasteiger partial charge >= 0.3 is 18.3 Å². The molecule has 0 unspecified atom stereocenters. The molecule has 1 aromatic carbocycles. The van der Waals surface area contributed by atoms with Gasteiger partial charge in [-0.25, -0.2) is 9.78 Å². The number of carboxylic acid groups (broad SMARTS) is 1. The smallest absolute Gasteiger partial charge is 0.475 e. The first-order valence-electron chi connectivity index (χ1n) is 13.2. The fourth-order valence-electron chi connectivity index (χ4n) is 4.38. The van der Waals surface area contributed by atoms with Crippen molar-refractivity contribution in [3.8, 4) is 17.6 Å². The first-order chi connectivity index (χ1) is 21.6. The van der Waals surface area contributed by atoms with Crippen LogP contribution < -0.4 is 10.3 Å². The molecule has 3 heterocycles. The second-order valence-corrected chi connectivity index (χ2v) is 11.3. The zero-order valence-corrected chi connectivity index (χ0v) is 25.7. The second kappa shape index (κ2) is 13.8. The van der Waals surface area contributed by atoms with Crippen molar-refractivity contribution in [1.82, 2.24) is 24.2 Å². The molecule has 0 amide bonds. The van der Waals surface area contributed by atoms with Crippen LogP contribution >= 0.6 is 11.6 Å². The van der Waals surface area contributed by atoms with Crippen LogP contribution in [0.2, 0.25) is 5.02 Å². The van der Waals surface area contributed by atoms with Gasteiger partial charge in [0, 0.05) is 29.3 Å². The molecule has 0 radical (unpaired) electrons. The number of halogens is 7. The molecule has 4 aromatic rings. The molecule has 0 bridgehead atoms. The SMILES string of the molecule is CN(C)CC(C)(C)C(=O)n1nc(Cn2ccc(C(F)(F)F)c(Oc3cc(Cl)cc(C#N)c3)c2=O)c2cccnc21.O=C(O)C(F)(F)F. The number of ether oxygens (including phenoxy) is 1. The summed E-state index contributed by atoms with van der Waals surface area (Å²) in [6, 6.07) is 9.51. The number of hydrogen-bond acceptors (Lipinski definition) is 8. The molecule has 0 fully saturated rings. The third kappa shape index (κ3) is 8.86. The Labute approximate surface area is 267 Å². The van der Waals surface area contributed by atoms with Crippen molar-refractivity contribution in [2.24, 2.45) is 5.41 Å². The lowest BCUT2D eigenvalue weighted by Gasteiger charge is -2.26. The number of rotatable bonds is 7. The zero-order valence-electron chi connectivity index (χ0n) is 24.9. The van der Waals surface area contributed by atoms with Crippen molar-refractivity contribution in [1.29, 1.82) is 5.26 Å². The highest BCUT2D eigenvalue weighted by Crippen LogP contribution is 2.37. The maximum Gasteiger partial charge on any atom is 0.490 e. The third-order valence-electron chi connectivity index (χ3n) is 6.21. The van der Waals surface area contributed by atoms with E-state index in [9.17, 15) is 35.9 Å². The Kier molecular flexibility index (Phi) is 10.7. The van der Waals surface area contributed by atoms with E-state index in [4.69, 9.17) is 31.5 Å². The molecule has 0 saturated carbocycles. The van der Waals surface area contributed by atoms with E-state index in [0.29, 0.717) is 11.9 Å². The summed E-state index contributed by atoms with van der Waals surface area (Å²) in [7, 11) is 3.67. The number of benzene rings is 1. The molecule has 1 N–H and O–H groups in total. The number of hydrogen-bond donors (Lipinski definition) is 1. The quantitative estimate of drug-likeness (QED) is 0.237. The highest BCUT2D eigenvalue weighted by atomic mass is 35.5. The standard InChI is InChI=1S/C27H24ClF3N6O3.C2HF3O2/c1-26(2,15-35(3)4)25(39)37-23-19(6-5-8-33-23)21(34-37)14-36-9-7-20(27(29,30)31)22(24(36)38)40-18-11-16(13-32)10-17(28)12-18;3-2(4,5)1(6)7/h5-12H,14-15H2,1-4H3;(H,6,7). The van der Waals surface area contributed by atoms with Crippen molar-refractivity contribution >= 4 is 34.5 Å². The van der Waals surface area contributed by atoms with E-state index >= 15 is 0 Å². The molecule has 3 aromatic heterocycles. The van der Waals surface area contributed by atoms with Gasteiger partial charge in [-0.15, -0.1) is 0 Å². The number of aliphatic carboxylic acids is 1. The number of pyridine rings is 2. The Hall–Kier alpha value is -4.95. The molecular weight excluding hydrogens is 662 g/mol. The summed E-state index contributed by atoms with van der Waals surface area (Å²) >= 11 is 5.96. The molecule has 4 rings (SSSR count). The first-order valence-corrected chi connectivity index (χ1v) is 13.5. The first kappa shape index (κ1) is 36.5. The van der Waals surface area contributed by atoms with Gasteiger partial charge in [0.15, 0.2) is 5.65 Å². The highest BCUT2D eigenvalue weighted by molar-refractivity contribution is 6.30. The van der Waals surface area contributed by atoms with Crippen LogP contribution in [0.1, 0.15) is 35.5 Å². The predicted molar refractivity (Wildman–Crippen MR) is 155 cm³/mol. The Morgan fingerprint density at radius 2 is 1.74 bits per heavy atom. The van der Waals surface area contributed by atoms with E-state index in [1.54, 1.807) is 26.0 Å². The summed E-state index contributed by atoms with van der Waals surface area (Å²) in [4.78, 5) is 41.8. The van der Waals surface area contributed by atoms with Crippen LogP contribution in [0.25, 0.3) is 11.0 Å². The lowest BCUT2D eigenvalue weighted by molar-refractivity contribution is -0.192. The van der Waals surface area contributed by atoms with Crippen molar-refractivity contribution in [3.05, 3.63) is 81.0 Å². The van der Waals surface area contributed by atoms with E-state index < -0.39 is 40.6 Å². The molecule has 11 nitrogen and oxygen atoms in total. The van der Waals surface area contributed by atoms with Gasteiger partial charge in [-0.05, 0) is 64.3 Å². The van der Waals surface area contributed by atoms with Gasteiger partial charge in [-0.2, -0.15) is 41.4 Å². The highest BCUT2D eigenvalue weighted by Gasteiger charge is 2.39. The number of carboxylic acids is 1. The average Bonchev–Trinajstić information content (AvgIpc) is 3.31. The average molecular weight is 687 g/mol. The normalized spacial score (nSPS) is 12.0. The molecule has 0 aliphatic carbocycles. The van der Waals surface area contributed by atoms with Gasteiger partial charge < -0.3 is 19.3 Å². The topological polar surface area (TPSA) is 143 Å². The van der Waals surface area contributed by atoms with Crippen LogP contribution in [0.4, 0.5) is 26.3 Å². The predicted octanol–water partition coefficient (Wildman–Crippen LogP) is 5.84. The van der Waals surface area contributed by atoms with E-state index in [1.807, 2.05) is 25.1 Å². The summed E-state index contributed by atoms with van der Waals surface area (Å²) in [5, 5.41) is 21.2. The lowest BCUT2D eigenvalue weighted by Crippen LogP contribution is -2.39. The van der Waals surface area contributed by atoms with Gasteiger partial charge in [-0.1, -0.05) is 11.6 Å². The minimum atomic E-state index is -5.08. The van der Waals surface area contributed by atoms with Gasteiger partial charge in [0.05, 0.1) is 29.3 Å². The second-order valence-electron chi connectivity index (χ2n) is 10.8. The van der Waals surface area contributed by atoms with Gasteiger partial charge in [0.25, 0.3) is 11.5 Å². The van der Waals surface area contributed by atoms with E-state index in [1.165, 1.54) is 24.4 Å². The summed E-state index contributed by atoms with van der Waals surface area (Å²) in [5.74, 6) is -4.30. The number of alkyl halides is 6. The maximum atomic E-state index is 13.8. The Morgan fingerprint density at radius 3 is 2.30 bits per heavy atom. The number of nitriles is 1. The molecule has 0 aliphatic heterocycles. The number of nitrogens with zero attached hydrogens (tertiary/aromatic N) is 6. The van der Waals surface area contributed by atoms with Crippen molar-refractivity contribution in [2.45, 2.75) is 32.7 Å². The molecule has 250 valence electrons. The van der Waals surface area contributed by atoms with Crippen LogP contribution in [0.5, 0.6) is 11.5 Å². The van der Waals surface area contributed by atoms with Crippen molar-refractivity contribution in [3.63, 3.8) is 0 Å². The lowest BCUT2D eigenvalue weighted by atomic mass is 9.92. The Bertz CT molecular complexity index is 1910. The minimum absolute atomic E-state index is 0.0404. The fraction of sp³-hybridized carbons (Fsp3) is 0.310. The van der Waals surface area contributed by atoms with Crippen molar-refractivity contribution in [2.75, 3.05) is 20.6 Å². The van der Waals surface area contributed by atoms with Crippen LogP contribution in [0.15, 0.2) is 53.6 Å². The Balaban J connectivity index is 0.000000771. The Morgan fingerprint density at radius 1 is 1.11 bits per heavy atom. The molecular formula is C29H25ClF6N6O5. The van der Waals surface area contributed by atoms with E-state index in [0.717, 1.165) is 21.5 Å². The molecule has 0 spiro atoms.